The molecule has 2 aromatic heterocycles. The van der Waals surface area contributed by atoms with E-state index in [0.717, 1.165) is 35.2 Å². The average Bonchev–Trinajstić information content (AvgIpc) is 3.26. The van der Waals surface area contributed by atoms with Crippen molar-refractivity contribution >= 4 is 34.7 Å². The number of nitrogens with one attached hydrogen (secondary N) is 1. The molecule has 0 atom stereocenters. The standard InChI is InChI=1S/C18H20N4OS2/c1-3-15-10-13(11-24-15)17-20-21-18(22(17)4-2)25-12-16(23)19-14-8-6-5-7-9-14/h5-11H,3-4,12H2,1-2H3,(H,19,23). The van der Waals surface area contributed by atoms with Crippen molar-refractivity contribution in [3.63, 3.8) is 0 Å². The molecule has 1 N–H and O–H groups in total. The fraction of sp³-hybridized carbons (Fsp3) is 0.278. The first-order chi connectivity index (χ1) is 12.2. The van der Waals surface area contributed by atoms with Gasteiger partial charge in [-0.1, -0.05) is 36.9 Å². The normalized spacial score (nSPS) is 10.8. The van der Waals surface area contributed by atoms with E-state index in [-0.39, 0.29) is 5.91 Å². The summed E-state index contributed by atoms with van der Waals surface area (Å²) in [6.45, 7) is 4.98. The number of benzene rings is 1. The molecule has 0 aliphatic heterocycles. The summed E-state index contributed by atoms with van der Waals surface area (Å²) in [4.78, 5) is 13.4. The van der Waals surface area contributed by atoms with Crippen LogP contribution in [0.15, 0.2) is 46.9 Å². The van der Waals surface area contributed by atoms with Gasteiger partial charge in [0, 0.05) is 28.1 Å². The van der Waals surface area contributed by atoms with E-state index < -0.39 is 0 Å². The fourth-order valence-corrected chi connectivity index (χ4v) is 4.04. The Morgan fingerprint density at radius 1 is 1.24 bits per heavy atom. The van der Waals surface area contributed by atoms with Crippen molar-refractivity contribution in [3.8, 4) is 11.4 Å². The lowest BCUT2D eigenvalue weighted by Crippen LogP contribution is -2.14. The molecule has 0 bridgehead atoms. The van der Waals surface area contributed by atoms with Crippen LogP contribution in [0.3, 0.4) is 0 Å². The zero-order valence-electron chi connectivity index (χ0n) is 14.2. The summed E-state index contributed by atoms with van der Waals surface area (Å²) in [5.74, 6) is 1.12. The zero-order chi connectivity index (χ0) is 17.6. The Labute approximate surface area is 155 Å². The Hall–Kier alpha value is -2.12. The third kappa shape index (κ3) is 4.29. The quantitative estimate of drug-likeness (QED) is 0.628. The van der Waals surface area contributed by atoms with E-state index >= 15 is 0 Å². The van der Waals surface area contributed by atoms with E-state index in [4.69, 9.17) is 0 Å². The van der Waals surface area contributed by atoms with Crippen molar-refractivity contribution in [1.29, 1.82) is 0 Å². The van der Waals surface area contributed by atoms with E-state index in [9.17, 15) is 4.79 Å². The Kier molecular flexibility index (Phi) is 5.88. The molecule has 0 saturated heterocycles. The highest BCUT2D eigenvalue weighted by molar-refractivity contribution is 7.99. The highest BCUT2D eigenvalue weighted by Crippen LogP contribution is 2.28. The smallest absolute Gasteiger partial charge is 0.234 e. The maximum absolute atomic E-state index is 12.1. The maximum atomic E-state index is 12.1. The van der Waals surface area contributed by atoms with E-state index in [0.29, 0.717) is 5.75 Å². The Morgan fingerprint density at radius 2 is 2.04 bits per heavy atom. The second-order valence-corrected chi connectivity index (χ2v) is 7.35. The lowest BCUT2D eigenvalue weighted by molar-refractivity contribution is -0.113. The molecule has 0 unspecified atom stereocenters. The molecule has 130 valence electrons. The Bertz CT molecular complexity index is 842. The van der Waals surface area contributed by atoms with Crippen molar-refractivity contribution in [2.24, 2.45) is 0 Å². The van der Waals surface area contributed by atoms with Gasteiger partial charge in [0.2, 0.25) is 5.91 Å². The van der Waals surface area contributed by atoms with Gasteiger partial charge in [0.15, 0.2) is 11.0 Å². The highest BCUT2D eigenvalue weighted by atomic mass is 32.2. The summed E-state index contributed by atoms with van der Waals surface area (Å²) in [5.41, 5.74) is 1.90. The third-order valence-electron chi connectivity index (χ3n) is 3.68. The minimum Gasteiger partial charge on any atom is -0.325 e. The number of carbonyl (C=O) groups excluding carboxylic acids is 1. The first kappa shape index (κ1) is 17.7. The summed E-state index contributed by atoms with van der Waals surface area (Å²) in [6, 6.07) is 11.6. The van der Waals surface area contributed by atoms with Crippen molar-refractivity contribution in [2.45, 2.75) is 32.0 Å². The summed E-state index contributed by atoms with van der Waals surface area (Å²) >= 11 is 3.15. The molecule has 0 radical (unpaired) electrons. The molecular weight excluding hydrogens is 352 g/mol. The predicted octanol–water partition coefficient (Wildman–Crippen LogP) is 4.32. The number of thiophene rings is 1. The van der Waals surface area contributed by atoms with Gasteiger partial charge in [-0.25, -0.2) is 0 Å². The van der Waals surface area contributed by atoms with Crippen LogP contribution in [0, 0.1) is 0 Å². The molecule has 0 aliphatic carbocycles. The molecule has 0 saturated carbocycles. The van der Waals surface area contributed by atoms with Crippen LogP contribution in [0.1, 0.15) is 18.7 Å². The topological polar surface area (TPSA) is 59.8 Å². The minimum absolute atomic E-state index is 0.0489. The monoisotopic (exact) mass is 372 g/mol. The first-order valence-corrected chi connectivity index (χ1v) is 10.1. The van der Waals surface area contributed by atoms with Gasteiger partial charge in [-0.3, -0.25) is 4.79 Å². The number of hydrogen-bond donors (Lipinski definition) is 1. The van der Waals surface area contributed by atoms with E-state index in [2.05, 4.69) is 45.4 Å². The molecule has 0 aliphatic rings. The molecule has 7 heteroatoms. The van der Waals surface area contributed by atoms with Crippen molar-refractivity contribution in [3.05, 3.63) is 46.7 Å². The molecule has 1 amide bonds. The molecule has 0 spiro atoms. The summed E-state index contributed by atoms with van der Waals surface area (Å²) < 4.78 is 2.06. The number of nitrogens with zero attached hydrogens (tertiary/aromatic N) is 3. The largest absolute Gasteiger partial charge is 0.325 e. The van der Waals surface area contributed by atoms with Gasteiger partial charge in [-0.2, -0.15) is 0 Å². The van der Waals surface area contributed by atoms with Gasteiger partial charge < -0.3 is 9.88 Å². The van der Waals surface area contributed by atoms with Crippen molar-refractivity contribution < 1.29 is 4.79 Å². The molecule has 2 heterocycles. The third-order valence-corrected chi connectivity index (χ3v) is 5.73. The lowest BCUT2D eigenvalue weighted by Gasteiger charge is -2.07. The van der Waals surface area contributed by atoms with Crippen LogP contribution in [-0.4, -0.2) is 26.4 Å². The van der Waals surface area contributed by atoms with Gasteiger partial charge in [0.25, 0.3) is 0 Å². The van der Waals surface area contributed by atoms with E-state index in [1.807, 2.05) is 30.3 Å². The Morgan fingerprint density at radius 3 is 2.72 bits per heavy atom. The van der Waals surface area contributed by atoms with E-state index in [1.165, 1.54) is 16.6 Å². The first-order valence-electron chi connectivity index (χ1n) is 8.20. The molecule has 5 nitrogen and oxygen atoms in total. The number of amides is 1. The molecule has 0 fully saturated rings. The zero-order valence-corrected chi connectivity index (χ0v) is 15.9. The number of thioether (sulfide) groups is 1. The summed E-state index contributed by atoms with van der Waals surface area (Å²) in [7, 11) is 0. The highest BCUT2D eigenvalue weighted by Gasteiger charge is 2.15. The molecule has 25 heavy (non-hydrogen) atoms. The van der Waals surface area contributed by atoms with Crippen LogP contribution in [0.25, 0.3) is 11.4 Å². The summed E-state index contributed by atoms with van der Waals surface area (Å²) in [5, 5.41) is 14.4. The number of rotatable bonds is 7. The van der Waals surface area contributed by atoms with Crippen LogP contribution in [0.2, 0.25) is 0 Å². The van der Waals surface area contributed by atoms with Crippen LogP contribution in [0.4, 0.5) is 5.69 Å². The van der Waals surface area contributed by atoms with Crippen molar-refractivity contribution in [2.75, 3.05) is 11.1 Å². The number of anilines is 1. The SMILES string of the molecule is CCc1cc(-c2nnc(SCC(=O)Nc3ccccc3)n2CC)cs1. The number of para-hydroxylation sites is 1. The van der Waals surface area contributed by atoms with Crippen molar-refractivity contribution in [1.82, 2.24) is 14.8 Å². The van der Waals surface area contributed by atoms with E-state index in [1.54, 1.807) is 11.3 Å². The van der Waals surface area contributed by atoms with Gasteiger partial charge in [-0.15, -0.1) is 21.5 Å². The molecule has 3 rings (SSSR count). The van der Waals surface area contributed by atoms with Crippen LogP contribution in [0.5, 0.6) is 0 Å². The molecule has 3 aromatic rings. The van der Waals surface area contributed by atoms with Gasteiger partial charge in [0.05, 0.1) is 5.75 Å². The van der Waals surface area contributed by atoms with Crippen LogP contribution < -0.4 is 5.32 Å². The number of carbonyl (C=O) groups is 1. The van der Waals surface area contributed by atoms with Gasteiger partial charge in [0.1, 0.15) is 0 Å². The molecular formula is C18H20N4OS2. The van der Waals surface area contributed by atoms with Crippen LogP contribution in [-0.2, 0) is 17.8 Å². The average molecular weight is 373 g/mol. The second kappa shape index (κ2) is 8.31. The fourth-order valence-electron chi connectivity index (χ4n) is 2.43. The number of aromatic nitrogens is 3. The van der Waals surface area contributed by atoms with Crippen LogP contribution >= 0.6 is 23.1 Å². The second-order valence-electron chi connectivity index (χ2n) is 5.41. The molecule has 1 aromatic carbocycles. The summed E-state index contributed by atoms with van der Waals surface area (Å²) in [6.07, 6.45) is 1.02. The Balaban J connectivity index is 1.67. The maximum Gasteiger partial charge on any atom is 0.234 e. The minimum atomic E-state index is -0.0489. The number of hydrogen-bond acceptors (Lipinski definition) is 5. The van der Waals surface area contributed by atoms with Gasteiger partial charge in [-0.05, 0) is 31.5 Å². The number of aryl methyl sites for hydroxylation is 1. The lowest BCUT2D eigenvalue weighted by atomic mass is 10.2. The van der Waals surface area contributed by atoms with Gasteiger partial charge >= 0.3 is 0 Å². The predicted molar refractivity (Wildman–Crippen MR) is 104 cm³/mol.